The van der Waals surface area contributed by atoms with Gasteiger partial charge in [-0.3, -0.25) is 4.98 Å². The molecule has 0 radical (unpaired) electrons. The van der Waals surface area contributed by atoms with Crippen molar-refractivity contribution >= 4 is 21.9 Å². The summed E-state index contributed by atoms with van der Waals surface area (Å²) >= 11 is 0. The fourth-order valence-electron chi connectivity index (χ4n) is 4.57. The normalized spacial score (nSPS) is 11.5. The van der Waals surface area contributed by atoms with E-state index in [1.54, 1.807) is 0 Å². The lowest BCUT2D eigenvalue weighted by Crippen LogP contribution is -1.90. The van der Waals surface area contributed by atoms with Crippen LogP contribution in [0.15, 0.2) is 114 Å². The minimum atomic E-state index is 0.469. The predicted octanol–water partition coefficient (Wildman–Crippen LogP) is 9.11. The topological polar surface area (TPSA) is 26.0 Å². The van der Waals surface area contributed by atoms with Crippen molar-refractivity contribution in [2.24, 2.45) is 0 Å². The lowest BCUT2D eigenvalue weighted by Gasteiger charge is -2.07. The standard InChI is InChI=1S/C32H25NO/c1-21(2)25-16-17-33-30(20-25)27-13-15-32-29(19-27)28-18-26(12-14-31(28)34-32)24-10-8-23(9-11-24)22-6-4-3-5-7-22/h3-21H,1-2H3. The summed E-state index contributed by atoms with van der Waals surface area (Å²) in [7, 11) is 0. The molecule has 4 aromatic carbocycles. The number of rotatable bonds is 4. The number of furan rings is 1. The monoisotopic (exact) mass is 439 g/mol. The molecule has 0 saturated carbocycles. The van der Waals surface area contributed by atoms with Crippen molar-refractivity contribution in [3.05, 3.63) is 115 Å². The molecule has 2 aromatic heterocycles. The van der Waals surface area contributed by atoms with Crippen molar-refractivity contribution in [3.63, 3.8) is 0 Å². The Balaban J connectivity index is 1.41. The molecule has 0 aliphatic rings. The molecule has 0 unspecified atom stereocenters. The second-order valence-corrected chi connectivity index (χ2v) is 9.10. The summed E-state index contributed by atoms with van der Waals surface area (Å²) in [6.07, 6.45) is 1.90. The van der Waals surface area contributed by atoms with Crippen LogP contribution in [0, 0.1) is 0 Å². The van der Waals surface area contributed by atoms with Gasteiger partial charge in [0.05, 0.1) is 5.69 Å². The van der Waals surface area contributed by atoms with E-state index in [0.29, 0.717) is 5.92 Å². The van der Waals surface area contributed by atoms with Gasteiger partial charge in [0.1, 0.15) is 11.2 Å². The lowest BCUT2D eigenvalue weighted by atomic mass is 9.98. The van der Waals surface area contributed by atoms with Crippen LogP contribution < -0.4 is 0 Å². The van der Waals surface area contributed by atoms with E-state index in [9.17, 15) is 0 Å². The Kier molecular flexibility index (Phi) is 5.00. The summed E-state index contributed by atoms with van der Waals surface area (Å²) in [5, 5.41) is 2.24. The van der Waals surface area contributed by atoms with Crippen LogP contribution in [0.4, 0.5) is 0 Å². The number of hydrogen-bond acceptors (Lipinski definition) is 2. The third-order valence-electron chi connectivity index (χ3n) is 6.54. The minimum absolute atomic E-state index is 0.469. The summed E-state index contributed by atoms with van der Waals surface area (Å²) < 4.78 is 6.15. The van der Waals surface area contributed by atoms with Crippen molar-refractivity contribution in [1.82, 2.24) is 4.98 Å². The molecule has 164 valence electrons. The number of aromatic nitrogens is 1. The van der Waals surface area contributed by atoms with Gasteiger partial charge < -0.3 is 4.42 Å². The molecule has 0 aliphatic carbocycles. The Morgan fingerprint density at radius 1 is 0.559 bits per heavy atom. The summed E-state index contributed by atoms with van der Waals surface area (Å²) in [6.45, 7) is 4.42. The molecule has 0 aliphatic heterocycles. The van der Waals surface area contributed by atoms with Crippen LogP contribution in [-0.4, -0.2) is 4.98 Å². The van der Waals surface area contributed by atoms with Crippen LogP contribution in [0.1, 0.15) is 25.3 Å². The first-order chi connectivity index (χ1) is 16.7. The van der Waals surface area contributed by atoms with E-state index in [4.69, 9.17) is 4.42 Å². The van der Waals surface area contributed by atoms with E-state index >= 15 is 0 Å². The Labute approximate surface area is 199 Å². The van der Waals surface area contributed by atoms with Gasteiger partial charge in [-0.25, -0.2) is 0 Å². The molecule has 2 nitrogen and oxygen atoms in total. The first-order valence-corrected chi connectivity index (χ1v) is 11.7. The lowest BCUT2D eigenvalue weighted by molar-refractivity contribution is 0.669. The van der Waals surface area contributed by atoms with Gasteiger partial charge in [-0.2, -0.15) is 0 Å². The first kappa shape index (κ1) is 20.4. The zero-order valence-corrected chi connectivity index (χ0v) is 19.3. The number of hydrogen-bond donors (Lipinski definition) is 0. The zero-order chi connectivity index (χ0) is 23.1. The van der Waals surface area contributed by atoms with Gasteiger partial charge in [-0.1, -0.05) is 74.5 Å². The van der Waals surface area contributed by atoms with Crippen molar-refractivity contribution in [2.45, 2.75) is 19.8 Å². The fourth-order valence-corrected chi connectivity index (χ4v) is 4.57. The number of fused-ring (bicyclic) bond motifs is 3. The number of benzene rings is 4. The van der Waals surface area contributed by atoms with Gasteiger partial charge in [0.25, 0.3) is 0 Å². The van der Waals surface area contributed by atoms with Gasteiger partial charge in [0.15, 0.2) is 0 Å². The van der Waals surface area contributed by atoms with Crippen molar-refractivity contribution in [1.29, 1.82) is 0 Å². The van der Waals surface area contributed by atoms with Crippen LogP contribution in [-0.2, 0) is 0 Å². The van der Waals surface area contributed by atoms with E-state index in [1.165, 1.54) is 27.8 Å². The number of pyridine rings is 1. The quantitative estimate of drug-likeness (QED) is 0.274. The van der Waals surface area contributed by atoms with Gasteiger partial charge in [0, 0.05) is 22.5 Å². The molecule has 0 saturated heterocycles. The maximum atomic E-state index is 6.15. The van der Waals surface area contributed by atoms with Crippen LogP contribution in [0.3, 0.4) is 0 Å². The molecule has 6 aromatic rings. The molecule has 0 N–H and O–H groups in total. The van der Waals surface area contributed by atoms with Crippen molar-refractivity contribution in [3.8, 4) is 33.5 Å². The molecule has 6 rings (SSSR count). The van der Waals surface area contributed by atoms with Gasteiger partial charge in [0.2, 0.25) is 0 Å². The van der Waals surface area contributed by atoms with Crippen LogP contribution in [0.5, 0.6) is 0 Å². The third-order valence-corrected chi connectivity index (χ3v) is 6.54. The molecular formula is C32H25NO. The maximum absolute atomic E-state index is 6.15. The molecule has 2 heterocycles. The molecule has 34 heavy (non-hydrogen) atoms. The largest absolute Gasteiger partial charge is 0.456 e. The van der Waals surface area contributed by atoms with Crippen LogP contribution in [0.25, 0.3) is 55.4 Å². The molecule has 0 spiro atoms. The predicted molar refractivity (Wildman–Crippen MR) is 142 cm³/mol. The van der Waals surface area contributed by atoms with Crippen LogP contribution in [0.2, 0.25) is 0 Å². The Bertz CT molecular complexity index is 1610. The molecule has 2 heteroatoms. The minimum Gasteiger partial charge on any atom is -0.456 e. The molecular weight excluding hydrogens is 414 g/mol. The summed E-state index contributed by atoms with van der Waals surface area (Å²) in [6, 6.07) is 36.3. The van der Waals surface area contributed by atoms with Gasteiger partial charge in [-0.15, -0.1) is 0 Å². The van der Waals surface area contributed by atoms with E-state index in [-0.39, 0.29) is 0 Å². The molecule has 0 amide bonds. The van der Waals surface area contributed by atoms with E-state index in [0.717, 1.165) is 33.2 Å². The second-order valence-electron chi connectivity index (χ2n) is 9.10. The summed E-state index contributed by atoms with van der Waals surface area (Å²) in [5.41, 5.74) is 10.0. The van der Waals surface area contributed by atoms with Crippen molar-refractivity contribution in [2.75, 3.05) is 0 Å². The summed E-state index contributed by atoms with van der Waals surface area (Å²) in [4.78, 5) is 4.63. The Morgan fingerprint density at radius 3 is 1.79 bits per heavy atom. The number of nitrogens with zero attached hydrogens (tertiary/aromatic N) is 1. The highest BCUT2D eigenvalue weighted by Gasteiger charge is 2.12. The second kappa shape index (κ2) is 8.31. The maximum Gasteiger partial charge on any atom is 0.135 e. The van der Waals surface area contributed by atoms with E-state index in [2.05, 4.69) is 116 Å². The average molecular weight is 440 g/mol. The van der Waals surface area contributed by atoms with Gasteiger partial charge >= 0.3 is 0 Å². The highest BCUT2D eigenvalue weighted by molar-refractivity contribution is 6.07. The highest BCUT2D eigenvalue weighted by Crippen LogP contribution is 2.35. The SMILES string of the molecule is CC(C)c1ccnc(-c2ccc3oc4ccc(-c5ccc(-c6ccccc6)cc5)cc4c3c2)c1. The molecule has 0 atom stereocenters. The smallest absolute Gasteiger partial charge is 0.135 e. The van der Waals surface area contributed by atoms with Crippen LogP contribution >= 0.6 is 0 Å². The van der Waals surface area contributed by atoms with Crippen molar-refractivity contribution < 1.29 is 4.42 Å². The molecule has 0 bridgehead atoms. The molecule has 0 fully saturated rings. The Morgan fingerprint density at radius 2 is 1.12 bits per heavy atom. The van der Waals surface area contributed by atoms with Gasteiger partial charge in [-0.05, 0) is 76.2 Å². The Hall–Kier alpha value is -4.17. The third kappa shape index (κ3) is 3.68. The summed E-state index contributed by atoms with van der Waals surface area (Å²) in [5.74, 6) is 0.469. The fraction of sp³-hybridized carbons (Fsp3) is 0.0938. The average Bonchev–Trinajstić information content (AvgIpc) is 3.26. The first-order valence-electron chi connectivity index (χ1n) is 11.7. The van der Waals surface area contributed by atoms with E-state index < -0.39 is 0 Å². The van der Waals surface area contributed by atoms with E-state index in [1.807, 2.05) is 12.3 Å². The zero-order valence-electron chi connectivity index (χ0n) is 19.3. The highest BCUT2D eigenvalue weighted by atomic mass is 16.3.